The smallest absolute Gasteiger partial charge is 0.333 e. The summed E-state index contributed by atoms with van der Waals surface area (Å²) in [4.78, 5) is 10.6. The number of aliphatic carboxylic acids is 1. The standard InChI is InChI=1S/C11H14O4/c1-2-9(10(13)11(14)15)7-3-5-8(12)6-4-7/h3-6,9-10,12-13H,2H2,1H3,(H,14,15). The Morgan fingerprint density at radius 3 is 2.27 bits per heavy atom. The van der Waals surface area contributed by atoms with Gasteiger partial charge in [0.25, 0.3) is 0 Å². The zero-order chi connectivity index (χ0) is 11.4. The lowest BCUT2D eigenvalue weighted by molar-refractivity contribution is -0.147. The maximum atomic E-state index is 10.6. The van der Waals surface area contributed by atoms with Crippen LogP contribution < -0.4 is 0 Å². The van der Waals surface area contributed by atoms with Crippen molar-refractivity contribution in [2.24, 2.45) is 0 Å². The maximum absolute atomic E-state index is 10.6. The van der Waals surface area contributed by atoms with Crippen LogP contribution in [-0.4, -0.2) is 27.4 Å². The second kappa shape index (κ2) is 4.79. The topological polar surface area (TPSA) is 77.8 Å². The third-order valence-corrected chi connectivity index (χ3v) is 2.40. The highest BCUT2D eigenvalue weighted by Gasteiger charge is 2.25. The lowest BCUT2D eigenvalue weighted by Crippen LogP contribution is -2.27. The highest BCUT2D eigenvalue weighted by Crippen LogP contribution is 2.25. The molecule has 82 valence electrons. The number of rotatable bonds is 4. The largest absolute Gasteiger partial charge is 0.508 e. The molecule has 0 heterocycles. The predicted molar refractivity (Wildman–Crippen MR) is 54.8 cm³/mol. The number of hydrogen-bond acceptors (Lipinski definition) is 3. The van der Waals surface area contributed by atoms with Gasteiger partial charge in [-0.25, -0.2) is 4.79 Å². The van der Waals surface area contributed by atoms with Gasteiger partial charge >= 0.3 is 5.97 Å². The molecule has 15 heavy (non-hydrogen) atoms. The highest BCUT2D eigenvalue weighted by atomic mass is 16.4. The molecule has 3 N–H and O–H groups in total. The third kappa shape index (κ3) is 2.70. The van der Waals surface area contributed by atoms with Gasteiger partial charge in [-0.2, -0.15) is 0 Å². The number of carboxylic acids is 1. The van der Waals surface area contributed by atoms with Crippen molar-refractivity contribution in [3.63, 3.8) is 0 Å². The fraction of sp³-hybridized carbons (Fsp3) is 0.364. The van der Waals surface area contributed by atoms with Crippen molar-refractivity contribution in [1.82, 2.24) is 0 Å². The quantitative estimate of drug-likeness (QED) is 0.700. The van der Waals surface area contributed by atoms with E-state index in [0.717, 1.165) is 0 Å². The van der Waals surface area contributed by atoms with Gasteiger partial charge in [-0.05, 0) is 24.1 Å². The number of phenolic OH excluding ortho intramolecular Hbond substituents is 1. The number of phenols is 1. The molecule has 0 bridgehead atoms. The summed E-state index contributed by atoms with van der Waals surface area (Å²) < 4.78 is 0. The van der Waals surface area contributed by atoms with Gasteiger partial charge in [-0.15, -0.1) is 0 Å². The molecule has 1 aromatic carbocycles. The molecule has 2 atom stereocenters. The van der Waals surface area contributed by atoms with Crippen LogP contribution in [-0.2, 0) is 4.79 Å². The normalized spacial score (nSPS) is 14.5. The summed E-state index contributed by atoms with van der Waals surface area (Å²) in [5.41, 5.74) is 0.713. The van der Waals surface area contributed by atoms with E-state index in [4.69, 9.17) is 10.2 Å². The van der Waals surface area contributed by atoms with Crippen molar-refractivity contribution in [3.8, 4) is 5.75 Å². The van der Waals surface area contributed by atoms with E-state index in [0.29, 0.717) is 12.0 Å². The second-order valence-electron chi connectivity index (χ2n) is 3.39. The van der Waals surface area contributed by atoms with Crippen LogP contribution >= 0.6 is 0 Å². The molecule has 1 rings (SSSR count). The molecule has 0 aliphatic carbocycles. The molecular weight excluding hydrogens is 196 g/mol. The van der Waals surface area contributed by atoms with Gasteiger partial charge < -0.3 is 15.3 Å². The van der Waals surface area contributed by atoms with Crippen molar-refractivity contribution < 1.29 is 20.1 Å². The van der Waals surface area contributed by atoms with E-state index in [9.17, 15) is 9.90 Å². The molecule has 0 aliphatic rings. The van der Waals surface area contributed by atoms with Crippen molar-refractivity contribution in [1.29, 1.82) is 0 Å². The van der Waals surface area contributed by atoms with E-state index < -0.39 is 18.0 Å². The second-order valence-corrected chi connectivity index (χ2v) is 3.39. The molecule has 4 heteroatoms. The van der Waals surface area contributed by atoms with Gasteiger partial charge in [-0.3, -0.25) is 0 Å². The fourth-order valence-electron chi connectivity index (χ4n) is 1.53. The van der Waals surface area contributed by atoms with Crippen LogP contribution in [0.5, 0.6) is 5.75 Å². The van der Waals surface area contributed by atoms with Crippen molar-refractivity contribution >= 4 is 5.97 Å². The Bertz CT molecular complexity index is 331. The van der Waals surface area contributed by atoms with E-state index in [2.05, 4.69) is 0 Å². The Morgan fingerprint density at radius 2 is 1.87 bits per heavy atom. The molecule has 0 aliphatic heterocycles. The molecule has 0 amide bonds. The van der Waals surface area contributed by atoms with Crippen LogP contribution in [0, 0.1) is 0 Å². The van der Waals surface area contributed by atoms with Crippen molar-refractivity contribution in [3.05, 3.63) is 29.8 Å². The lowest BCUT2D eigenvalue weighted by Gasteiger charge is -2.18. The number of aliphatic hydroxyl groups is 1. The number of carbonyl (C=O) groups is 1. The number of aliphatic hydroxyl groups excluding tert-OH is 1. The Kier molecular flexibility index (Phi) is 3.68. The van der Waals surface area contributed by atoms with Crippen LogP contribution in [0.15, 0.2) is 24.3 Å². The summed E-state index contributed by atoms with van der Waals surface area (Å²) in [7, 11) is 0. The summed E-state index contributed by atoms with van der Waals surface area (Å²) in [6, 6.07) is 6.20. The van der Waals surface area contributed by atoms with Crippen LogP contribution in [0.25, 0.3) is 0 Å². The van der Waals surface area contributed by atoms with E-state index in [-0.39, 0.29) is 5.75 Å². The molecule has 0 saturated carbocycles. The molecule has 0 aromatic heterocycles. The molecular formula is C11H14O4. The molecule has 0 fully saturated rings. The van der Waals surface area contributed by atoms with Gasteiger partial charge in [0.05, 0.1) is 0 Å². The minimum absolute atomic E-state index is 0.124. The summed E-state index contributed by atoms with van der Waals surface area (Å²) in [6.45, 7) is 1.81. The molecule has 2 unspecified atom stereocenters. The maximum Gasteiger partial charge on any atom is 0.333 e. The summed E-state index contributed by atoms with van der Waals surface area (Å²) >= 11 is 0. The zero-order valence-electron chi connectivity index (χ0n) is 8.42. The minimum Gasteiger partial charge on any atom is -0.508 e. The first-order chi connectivity index (χ1) is 7.06. The van der Waals surface area contributed by atoms with Gasteiger partial charge in [0, 0.05) is 5.92 Å². The van der Waals surface area contributed by atoms with E-state index >= 15 is 0 Å². The predicted octanol–water partition coefficient (Wildman–Crippen LogP) is 1.33. The first-order valence-corrected chi connectivity index (χ1v) is 4.76. The van der Waals surface area contributed by atoms with E-state index in [1.165, 1.54) is 12.1 Å². The summed E-state index contributed by atoms with van der Waals surface area (Å²) in [5, 5.41) is 27.2. The Hall–Kier alpha value is -1.55. The van der Waals surface area contributed by atoms with Gasteiger partial charge in [0.1, 0.15) is 5.75 Å². The third-order valence-electron chi connectivity index (χ3n) is 2.40. The first kappa shape index (κ1) is 11.5. The van der Waals surface area contributed by atoms with Crippen molar-refractivity contribution in [2.45, 2.75) is 25.4 Å². The number of carboxylic acid groups (broad SMARTS) is 1. The monoisotopic (exact) mass is 210 g/mol. The SMILES string of the molecule is CCC(c1ccc(O)cc1)C(O)C(=O)O. The summed E-state index contributed by atoms with van der Waals surface area (Å²) in [5.74, 6) is -1.54. The van der Waals surface area contributed by atoms with Crippen LogP contribution in [0.3, 0.4) is 0 Å². The Balaban J connectivity index is 2.92. The molecule has 4 nitrogen and oxygen atoms in total. The fourth-order valence-corrected chi connectivity index (χ4v) is 1.53. The molecule has 0 spiro atoms. The van der Waals surface area contributed by atoms with Crippen LogP contribution in [0.2, 0.25) is 0 Å². The Labute approximate surface area is 87.8 Å². The minimum atomic E-state index is -1.40. The lowest BCUT2D eigenvalue weighted by atomic mass is 9.91. The summed E-state index contributed by atoms with van der Waals surface area (Å²) in [6.07, 6.45) is -0.877. The van der Waals surface area contributed by atoms with Crippen molar-refractivity contribution in [2.75, 3.05) is 0 Å². The Morgan fingerprint density at radius 1 is 1.33 bits per heavy atom. The van der Waals surface area contributed by atoms with Crippen LogP contribution in [0.4, 0.5) is 0 Å². The molecule has 1 aromatic rings. The van der Waals surface area contributed by atoms with Gasteiger partial charge in [0.2, 0.25) is 0 Å². The van der Waals surface area contributed by atoms with Crippen LogP contribution in [0.1, 0.15) is 24.8 Å². The average molecular weight is 210 g/mol. The van der Waals surface area contributed by atoms with E-state index in [1.807, 2.05) is 6.92 Å². The highest BCUT2D eigenvalue weighted by molar-refractivity contribution is 5.73. The number of benzene rings is 1. The first-order valence-electron chi connectivity index (χ1n) is 4.76. The van der Waals surface area contributed by atoms with Gasteiger partial charge in [0.15, 0.2) is 6.10 Å². The number of aromatic hydroxyl groups is 1. The molecule has 0 saturated heterocycles. The zero-order valence-corrected chi connectivity index (χ0v) is 8.42. The number of hydrogen-bond donors (Lipinski definition) is 3. The molecule has 0 radical (unpaired) electrons. The average Bonchev–Trinajstić information content (AvgIpc) is 2.21. The van der Waals surface area contributed by atoms with Gasteiger partial charge in [-0.1, -0.05) is 19.1 Å². The van der Waals surface area contributed by atoms with E-state index in [1.54, 1.807) is 12.1 Å².